The first-order valence-corrected chi connectivity index (χ1v) is 7.96. The lowest BCUT2D eigenvalue weighted by Crippen LogP contribution is -2.32. The Morgan fingerprint density at radius 1 is 1.22 bits per heavy atom. The summed E-state index contributed by atoms with van der Waals surface area (Å²) in [6.07, 6.45) is 2.92. The predicted octanol–water partition coefficient (Wildman–Crippen LogP) is 4.42. The molecule has 2 aromatic carbocycles. The summed E-state index contributed by atoms with van der Waals surface area (Å²) < 4.78 is 13.6. The van der Waals surface area contributed by atoms with Gasteiger partial charge in [0.1, 0.15) is 5.82 Å². The van der Waals surface area contributed by atoms with Crippen LogP contribution in [0.3, 0.4) is 0 Å². The maximum atomic E-state index is 12.8. The number of hydrogen-bond donors (Lipinski definition) is 2. The molecule has 0 heterocycles. The van der Waals surface area contributed by atoms with Crippen molar-refractivity contribution in [2.45, 2.75) is 6.92 Å². The molecule has 23 heavy (non-hydrogen) atoms. The fraction of sp³-hybridized carbons (Fsp3) is 0.0588. The molecular formula is C17H14BrFN2OS. The number of benzene rings is 2. The Morgan fingerprint density at radius 2 is 1.91 bits per heavy atom. The van der Waals surface area contributed by atoms with Gasteiger partial charge in [-0.25, -0.2) is 4.39 Å². The van der Waals surface area contributed by atoms with Crippen LogP contribution in [0.5, 0.6) is 0 Å². The molecule has 3 nitrogen and oxygen atoms in total. The van der Waals surface area contributed by atoms with Gasteiger partial charge >= 0.3 is 0 Å². The van der Waals surface area contributed by atoms with E-state index in [2.05, 4.69) is 26.6 Å². The zero-order chi connectivity index (χ0) is 16.8. The number of hydrogen-bond acceptors (Lipinski definition) is 2. The van der Waals surface area contributed by atoms with Crippen LogP contribution in [0.1, 0.15) is 11.1 Å². The number of anilines is 1. The van der Waals surface area contributed by atoms with Crippen LogP contribution >= 0.6 is 28.1 Å². The van der Waals surface area contributed by atoms with Gasteiger partial charge in [0, 0.05) is 10.5 Å². The molecule has 0 saturated heterocycles. The van der Waals surface area contributed by atoms with Gasteiger partial charge in [-0.2, -0.15) is 0 Å². The summed E-state index contributed by atoms with van der Waals surface area (Å²) in [5.41, 5.74) is 2.60. The molecular weight excluding hydrogens is 379 g/mol. The van der Waals surface area contributed by atoms with E-state index in [1.54, 1.807) is 18.2 Å². The van der Waals surface area contributed by atoms with E-state index < -0.39 is 0 Å². The highest BCUT2D eigenvalue weighted by molar-refractivity contribution is 9.10. The zero-order valence-electron chi connectivity index (χ0n) is 12.3. The Balaban J connectivity index is 1.91. The second kappa shape index (κ2) is 7.99. The van der Waals surface area contributed by atoms with Gasteiger partial charge in [-0.1, -0.05) is 18.2 Å². The van der Waals surface area contributed by atoms with Gasteiger partial charge in [0.25, 0.3) is 0 Å². The maximum Gasteiger partial charge on any atom is 0.250 e. The molecule has 0 aliphatic carbocycles. The third kappa shape index (κ3) is 5.58. The second-order valence-corrected chi connectivity index (χ2v) is 6.07. The van der Waals surface area contributed by atoms with Crippen LogP contribution in [-0.2, 0) is 4.79 Å². The first-order valence-electron chi connectivity index (χ1n) is 6.76. The van der Waals surface area contributed by atoms with Crippen LogP contribution < -0.4 is 10.6 Å². The van der Waals surface area contributed by atoms with E-state index in [-0.39, 0.29) is 16.8 Å². The molecule has 6 heteroatoms. The largest absolute Gasteiger partial charge is 0.331 e. The Bertz CT molecular complexity index is 760. The number of carbonyl (C=O) groups excluding carboxylic acids is 1. The molecule has 0 unspecified atom stereocenters. The van der Waals surface area contributed by atoms with Crippen LogP contribution in [0.25, 0.3) is 6.08 Å². The van der Waals surface area contributed by atoms with Gasteiger partial charge < -0.3 is 5.32 Å². The summed E-state index contributed by atoms with van der Waals surface area (Å²) in [5.74, 6) is -0.685. The van der Waals surface area contributed by atoms with Crippen LogP contribution in [0.4, 0.5) is 10.1 Å². The Morgan fingerprint density at radius 3 is 2.57 bits per heavy atom. The van der Waals surface area contributed by atoms with Gasteiger partial charge in [-0.05, 0) is 76.5 Å². The molecule has 0 saturated carbocycles. The van der Waals surface area contributed by atoms with E-state index in [4.69, 9.17) is 12.2 Å². The van der Waals surface area contributed by atoms with E-state index in [0.29, 0.717) is 0 Å². The van der Waals surface area contributed by atoms with E-state index in [0.717, 1.165) is 21.3 Å². The Labute approximate surface area is 147 Å². The van der Waals surface area contributed by atoms with Crippen molar-refractivity contribution < 1.29 is 9.18 Å². The summed E-state index contributed by atoms with van der Waals surface area (Å²) in [6.45, 7) is 1.98. The molecule has 1 amide bonds. The smallest absolute Gasteiger partial charge is 0.250 e. The predicted molar refractivity (Wildman–Crippen MR) is 98.7 cm³/mol. The highest BCUT2D eigenvalue weighted by atomic mass is 79.9. The molecule has 0 spiro atoms. The van der Waals surface area contributed by atoms with Crippen molar-refractivity contribution in [3.8, 4) is 0 Å². The number of thiocarbonyl (C=S) groups is 1. The average molecular weight is 393 g/mol. The summed E-state index contributed by atoms with van der Waals surface area (Å²) >= 11 is 8.53. The summed E-state index contributed by atoms with van der Waals surface area (Å²) in [4.78, 5) is 11.8. The van der Waals surface area contributed by atoms with Crippen molar-refractivity contribution in [1.29, 1.82) is 0 Å². The van der Waals surface area contributed by atoms with E-state index in [1.807, 2.05) is 25.1 Å². The standard InChI is InChI=1S/C17H14BrFN2OS/c1-11-2-8-15(14(18)10-11)20-17(23)21-16(22)9-5-12-3-6-13(19)7-4-12/h2-10H,1H3,(H2,20,21,22,23). The maximum absolute atomic E-state index is 12.8. The number of carbonyl (C=O) groups is 1. The normalized spacial score (nSPS) is 10.6. The topological polar surface area (TPSA) is 41.1 Å². The molecule has 118 valence electrons. The van der Waals surface area contributed by atoms with Crippen molar-refractivity contribution in [1.82, 2.24) is 5.32 Å². The van der Waals surface area contributed by atoms with Crippen molar-refractivity contribution in [2.24, 2.45) is 0 Å². The lowest BCUT2D eigenvalue weighted by atomic mass is 10.2. The van der Waals surface area contributed by atoms with Gasteiger partial charge in [0.2, 0.25) is 5.91 Å². The highest BCUT2D eigenvalue weighted by Crippen LogP contribution is 2.23. The number of amides is 1. The van der Waals surface area contributed by atoms with Crippen LogP contribution in [0, 0.1) is 12.7 Å². The molecule has 0 fully saturated rings. The molecule has 0 radical (unpaired) electrons. The lowest BCUT2D eigenvalue weighted by molar-refractivity contribution is -0.115. The van der Waals surface area contributed by atoms with Gasteiger partial charge in [0.15, 0.2) is 5.11 Å². The zero-order valence-corrected chi connectivity index (χ0v) is 14.7. The number of aryl methyl sites for hydroxylation is 1. The molecule has 0 atom stereocenters. The number of halogens is 2. The lowest BCUT2D eigenvalue weighted by Gasteiger charge is -2.10. The van der Waals surface area contributed by atoms with Crippen LogP contribution in [0.2, 0.25) is 0 Å². The molecule has 2 N–H and O–H groups in total. The first kappa shape index (κ1) is 17.3. The fourth-order valence-electron chi connectivity index (χ4n) is 1.77. The molecule has 2 aromatic rings. The molecule has 2 rings (SSSR count). The van der Waals surface area contributed by atoms with Crippen LogP contribution in [0.15, 0.2) is 53.0 Å². The van der Waals surface area contributed by atoms with E-state index in [1.165, 1.54) is 18.2 Å². The monoisotopic (exact) mass is 392 g/mol. The van der Waals surface area contributed by atoms with Crippen molar-refractivity contribution in [3.63, 3.8) is 0 Å². The quantitative estimate of drug-likeness (QED) is 0.599. The van der Waals surface area contributed by atoms with Crippen molar-refractivity contribution >= 4 is 50.9 Å². The van der Waals surface area contributed by atoms with Crippen molar-refractivity contribution in [3.05, 3.63) is 70.0 Å². The minimum absolute atomic E-state index is 0.198. The Hall–Kier alpha value is -2.05. The first-order chi connectivity index (χ1) is 10.9. The summed E-state index contributed by atoms with van der Waals surface area (Å²) in [5, 5.41) is 5.69. The van der Waals surface area contributed by atoms with Crippen molar-refractivity contribution in [2.75, 3.05) is 5.32 Å². The summed E-state index contributed by atoms with van der Waals surface area (Å²) in [7, 11) is 0. The SMILES string of the molecule is Cc1ccc(NC(=S)NC(=O)C=Cc2ccc(F)cc2)c(Br)c1. The molecule has 0 bridgehead atoms. The highest BCUT2D eigenvalue weighted by Gasteiger charge is 2.04. The summed E-state index contributed by atoms with van der Waals surface area (Å²) in [6, 6.07) is 11.6. The third-order valence-corrected chi connectivity index (χ3v) is 3.77. The fourth-order valence-corrected chi connectivity index (χ4v) is 2.58. The van der Waals surface area contributed by atoms with E-state index in [9.17, 15) is 9.18 Å². The molecule has 0 aromatic heterocycles. The van der Waals surface area contributed by atoms with Gasteiger partial charge in [-0.15, -0.1) is 0 Å². The van der Waals surface area contributed by atoms with Gasteiger partial charge in [-0.3, -0.25) is 10.1 Å². The third-order valence-electron chi connectivity index (χ3n) is 2.91. The second-order valence-electron chi connectivity index (χ2n) is 4.81. The van der Waals surface area contributed by atoms with Gasteiger partial charge in [0.05, 0.1) is 5.69 Å². The molecule has 0 aliphatic heterocycles. The van der Waals surface area contributed by atoms with Crippen LogP contribution in [-0.4, -0.2) is 11.0 Å². The molecule has 0 aliphatic rings. The Kier molecular flexibility index (Phi) is 6.01. The number of rotatable bonds is 3. The number of nitrogens with one attached hydrogen (secondary N) is 2. The minimum atomic E-state index is -0.366. The minimum Gasteiger partial charge on any atom is -0.331 e. The van der Waals surface area contributed by atoms with E-state index >= 15 is 0 Å². The average Bonchev–Trinajstić information content (AvgIpc) is 2.49.